The third-order valence-corrected chi connectivity index (χ3v) is 8.04. The van der Waals surface area contributed by atoms with Gasteiger partial charge in [-0.05, 0) is 45.4 Å². The Morgan fingerprint density at radius 3 is 2.65 bits per heavy atom. The van der Waals surface area contributed by atoms with Crippen molar-refractivity contribution in [1.82, 2.24) is 30.2 Å². The Balaban J connectivity index is 1.31. The zero-order valence-electron chi connectivity index (χ0n) is 21.1. The second kappa shape index (κ2) is 10.1. The van der Waals surface area contributed by atoms with Gasteiger partial charge in [-0.15, -0.1) is 11.3 Å². The van der Waals surface area contributed by atoms with Crippen molar-refractivity contribution in [3.05, 3.63) is 52.2 Å². The van der Waals surface area contributed by atoms with Crippen molar-refractivity contribution in [2.45, 2.75) is 32.7 Å². The summed E-state index contributed by atoms with van der Waals surface area (Å²) in [6.45, 7) is 8.82. The Morgan fingerprint density at radius 1 is 1.05 bits per heavy atom. The number of hydrogen-bond donors (Lipinski definition) is 3. The number of rotatable bonds is 5. The van der Waals surface area contributed by atoms with Gasteiger partial charge < -0.3 is 20.4 Å². The predicted octanol–water partition coefficient (Wildman–Crippen LogP) is 2.94. The lowest BCUT2D eigenvalue weighted by Gasteiger charge is -2.36. The summed E-state index contributed by atoms with van der Waals surface area (Å²) < 4.78 is 1.05. The molecule has 4 aromatic rings. The van der Waals surface area contributed by atoms with Crippen LogP contribution in [-0.2, 0) is 0 Å². The fourth-order valence-electron chi connectivity index (χ4n) is 5.02. The standard InChI is InChI=1S/C26H31N9OS/c1-16-14-28-17(2)23(29-16)34-10-12-35(13-11-34)26-32-22(30-18-6-5-9-27-15-18)21(24(36)33-26)25-31-19-7-3-4-8-20(19)37-25/h3-4,7-8,14,18,27H,5-6,9-13,15H2,1-2H3,(H2,30,32,33,36). The summed E-state index contributed by atoms with van der Waals surface area (Å²) >= 11 is 1.52. The number of fused-ring (bicyclic) bond motifs is 1. The highest BCUT2D eigenvalue weighted by molar-refractivity contribution is 7.21. The molecule has 1 aromatic carbocycles. The van der Waals surface area contributed by atoms with E-state index in [0.717, 1.165) is 79.5 Å². The Morgan fingerprint density at radius 2 is 1.86 bits per heavy atom. The van der Waals surface area contributed by atoms with E-state index in [9.17, 15) is 4.79 Å². The van der Waals surface area contributed by atoms with Crippen molar-refractivity contribution in [3.8, 4) is 10.6 Å². The number of para-hydroxylation sites is 1. The van der Waals surface area contributed by atoms with Crippen molar-refractivity contribution in [2.24, 2.45) is 0 Å². The van der Waals surface area contributed by atoms with Gasteiger partial charge in [-0.25, -0.2) is 9.97 Å². The molecule has 5 heterocycles. The van der Waals surface area contributed by atoms with E-state index in [1.165, 1.54) is 11.3 Å². The van der Waals surface area contributed by atoms with Crippen molar-refractivity contribution >= 4 is 39.1 Å². The Bertz CT molecular complexity index is 1440. The normalized spacial score (nSPS) is 18.4. The minimum atomic E-state index is -0.168. The van der Waals surface area contributed by atoms with E-state index in [1.807, 2.05) is 38.1 Å². The zero-order valence-corrected chi connectivity index (χ0v) is 21.9. The molecule has 2 saturated heterocycles. The number of benzene rings is 1. The van der Waals surface area contributed by atoms with Crippen molar-refractivity contribution in [2.75, 3.05) is 54.4 Å². The van der Waals surface area contributed by atoms with Gasteiger partial charge >= 0.3 is 0 Å². The van der Waals surface area contributed by atoms with Gasteiger partial charge in [-0.2, -0.15) is 4.98 Å². The van der Waals surface area contributed by atoms with Crippen LogP contribution in [0.1, 0.15) is 24.2 Å². The van der Waals surface area contributed by atoms with Crippen molar-refractivity contribution in [3.63, 3.8) is 0 Å². The van der Waals surface area contributed by atoms with Gasteiger partial charge in [-0.3, -0.25) is 14.8 Å². The first-order valence-electron chi connectivity index (χ1n) is 12.8. The molecule has 6 rings (SSSR count). The van der Waals surface area contributed by atoms with Gasteiger partial charge in [-0.1, -0.05) is 12.1 Å². The lowest BCUT2D eigenvalue weighted by atomic mass is 10.1. The summed E-state index contributed by atoms with van der Waals surface area (Å²) in [6, 6.07) is 8.18. The number of anilines is 3. The summed E-state index contributed by atoms with van der Waals surface area (Å²) in [5.74, 6) is 2.13. The number of aryl methyl sites for hydroxylation is 2. The summed E-state index contributed by atoms with van der Waals surface area (Å²) in [5, 5.41) is 7.71. The van der Waals surface area contributed by atoms with Crippen LogP contribution in [0, 0.1) is 13.8 Å². The first-order chi connectivity index (χ1) is 18.0. The van der Waals surface area contributed by atoms with Gasteiger partial charge in [0.1, 0.15) is 22.2 Å². The van der Waals surface area contributed by atoms with E-state index < -0.39 is 0 Å². The second-order valence-electron chi connectivity index (χ2n) is 9.68. The first kappa shape index (κ1) is 23.8. The zero-order chi connectivity index (χ0) is 25.4. The number of aromatic amines is 1. The van der Waals surface area contributed by atoms with Crippen LogP contribution in [0.15, 0.2) is 35.3 Å². The number of nitrogens with zero attached hydrogens (tertiary/aromatic N) is 6. The van der Waals surface area contributed by atoms with Crippen LogP contribution < -0.4 is 26.0 Å². The molecule has 3 N–H and O–H groups in total. The maximum atomic E-state index is 13.6. The Kier molecular flexibility index (Phi) is 6.47. The van der Waals surface area contributed by atoms with Crippen LogP contribution in [0.2, 0.25) is 0 Å². The van der Waals surface area contributed by atoms with E-state index >= 15 is 0 Å². The molecule has 2 fully saturated rings. The molecular formula is C26H31N9OS. The highest BCUT2D eigenvalue weighted by atomic mass is 32.1. The molecule has 0 saturated carbocycles. The van der Waals surface area contributed by atoms with Gasteiger partial charge in [0.15, 0.2) is 0 Å². The number of H-pyrrole nitrogens is 1. The summed E-state index contributed by atoms with van der Waals surface area (Å²) in [7, 11) is 0. The minimum Gasteiger partial charge on any atom is -0.365 e. The van der Waals surface area contributed by atoms with Crippen LogP contribution in [0.4, 0.5) is 17.6 Å². The fourth-order valence-corrected chi connectivity index (χ4v) is 6.02. The molecule has 0 bridgehead atoms. The van der Waals surface area contributed by atoms with E-state index in [1.54, 1.807) is 6.20 Å². The number of piperazine rings is 1. The van der Waals surface area contributed by atoms with Crippen LogP contribution in [0.3, 0.4) is 0 Å². The van der Waals surface area contributed by atoms with Crippen molar-refractivity contribution < 1.29 is 0 Å². The molecule has 10 nitrogen and oxygen atoms in total. The number of aromatic nitrogens is 5. The lowest BCUT2D eigenvalue weighted by molar-refractivity contribution is 0.479. The molecule has 2 aliphatic rings. The lowest BCUT2D eigenvalue weighted by Crippen LogP contribution is -2.48. The largest absolute Gasteiger partial charge is 0.365 e. The average Bonchev–Trinajstić information content (AvgIpc) is 3.34. The van der Waals surface area contributed by atoms with E-state index in [4.69, 9.17) is 15.0 Å². The van der Waals surface area contributed by atoms with Crippen molar-refractivity contribution in [1.29, 1.82) is 0 Å². The van der Waals surface area contributed by atoms with Gasteiger partial charge in [0.05, 0.1) is 21.6 Å². The molecular weight excluding hydrogens is 486 g/mol. The van der Waals surface area contributed by atoms with Crippen LogP contribution in [-0.4, -0.2) is 70.2 Å². The first-order valence-corrected chi connectivity index (χ1v) is 13.6. The SMILES string of the molecule is Cc1cnc(C)c(N2CCN(c3nc(NC4CCCNC4)c(-c4nc5ccccc5s4)c(=O)[nH]3)CC2)n1. The number of thiazole rings is 1. The molecule has 1 atom stereocenters. The van der Waals surface area contributed by atoms with Gasteiger partial charge in [0, 0.05) is 45.0 Å². The monoisotopic (exact) mass is 517 g/mol. The molecule has 1 unspecified atom stereocenters. The summed E-state index contributed by atoms with van der Waals surface area (Å²) in [4.78, 5) is 39.9. The van der Waals surface area contributed by atoms with Crippen LogP contribution >= 0.6 is 11.3 Å². The van der Waals surface area contributed by atoms with Gasteiger partial charge in [0.25, 0.3) is 5.56 Å². The van der Waals surface area contributed by atoms with Crippen LogP contribution in [0.5, 0.6) is 0 Å². The van der Waals surface area contributed by atoms with Gasteiger partial charge in [0.2, 0.25) is 5.95 Å². The topological polar surface area (TPSA) is 115 Å². The number of piperidine rings is 1. The van der Waals surface area contributed by atoms with E-state index in [0.29, 0.717) is 22.3 Å². The smallest absolute Gasteiger partial charge is 0.264 e. The molecule has 0 amide bonds. The highest BCUT2D eigenvalue weighted by Gasteiger charge is 2.25. The molecule has 0 spiro atoms. The Labute approximate surface area is 219 Å². The van der Waals surface area contributed by atoms with E-state index in [2.05, 4.69) is 30.4 Å². The summed E-state index contributed by atoms with van der Waals surface area (Å²) in [6.07, 6.45) is 3.92. The fraction of sp³-hybridized carbons (Fsp3) is 0.423. The molecule has 11 heteroatoms. The predicted molar refractivity (Wildman–Crippen MR) is 149 cm³/mol. The number of hydrogen-bond acceptors (Lipinski definition) is 10. The third kappa shape index (κ3) is 4.88. The van der Waals surface area contributed by atoms with E-state index in [-0.39, 0.29) is 11.6 Å². The molecule has 37 heavy (non-hydrogen) atoms. The molecule has 2 aliphatic heterocycles. The highest BCUT2D eigenvalue weighted by Crippen LogP contribution is 2.33. The Hall–Kier alpha value is -3.57. The molecule has 0 radical (unpaired) electrons. The quantitative estimate of drug-likeness (QED) is 0.367. The maximum absolute atomic E-state index is 13.6. The number of nitrogens with one attached hydrogen (secondary N) is 3. The summed E-state index contributed by atoms with van der Waals surface area (Å²) in [5.41, 5.74) is 3.07. The molecule has 192 valence electrons. The molecule has 3 aromatic heterocycles. The minimum absolute atomic E-state index is 0.168. The molecule has 0 aliphatic carbocycles. The second-order valence-corrected chi connectivity index (χ2v) is 10.7. The maximum Gasteiger partial charge on any atom is 0.264 e. The third-order valence-electron chi connectivity index (χ3n) is 6.98. The van der Waals surface area contributed by atoms with Crippen LogP contribution in [0.25, 0.3) is 20.8 Å². The average molecular weight is 518 g/mol.